The fourth-order valence-corrected chi connectivity index (χ4v) is 3.05. The molecule has 21 heavy (non-hydrogen) atoms. The number of carbonyl (C=O) groups is 1. The normalized spacial score (nSPS) is 12.3. The summed E-state index contributed by atoms with van der Waals surface area (Å²) in [5, 5.41) is 7.87. The van der Waals surface area contributed by atoms with Crippen molar-refractivity contribution in [1.82, 2.24) is 10.1 Å². The number of thiophene rings is 1. The Balaban J connectivity index is 1.71. The summed E-state index contributed by atoms with van der Waals surface area (Å²) in [4.78, 5) is 15.7. The monoisotopic (exact) mass is 327 g/mol. The number of carbonyl (C=O) groups excluding carboxylic acids is 1. The SMILES string of the molecule is CCOC(=O)C(N)CCSCc1nc(-c2ccsc2)no1. The molecule has 0 aliphatic rings. The highest BCUT2D eigenvalue weighted by molar-refractivity contribution is 7.98. The van der Waals surface area contributed by atoms with Crippen molar-refractivity contribution in [1.29, 1.82) is 0 Å². The van der Waals surface area contributed by atoms with Gasteiger partial charge in [-0.3, -0.25) is 4.79 Å². The van der Waals surface area contributed by atoms with Crippen LogP contribution in [0, 0.1) is 0 Å². The van der Waals surface area contributed by atoms with Gasteiger partial charge in [-0.05, 0) is 30.5 Å². The maximum atomic E-state index is 11.3. The summed E-state index contributed by atoms with van der Waals surface area (Å²) >= 11 is 3.19. The van der Waals surface area contributed by atoms with E-state index < -0.39 is 6.04 Å². The second-order valence-electron chi connectivity index (χ2n) is 4.22. The van der Waals surface area contributed by atoms with Crippen LogP contribution < -0.4 is 5.73 Å². The van der Waals surface area contributed by atoms with Gasteiger partial charge >= 0.3 is 5.97 Å². The number of hydrogen-bond acceptors (Lipinski definition) is 8. The fourth-order valence-electron chi connectivity index (χ4n) is 1.56. The van der Waals surface area contributed by atoms with Crippen molar-refractivity contribution in [3.63, 3.8) is 0 Å². The van der Waals surface area contributed by atoms with Gasteiger partial charge in [0.15, 0.2) is 0 Å². The van der Waals surface area contributed by atoms with E-state index in [1.807, 2.05) is 16.8 Å². The molecule has 2 N–H and O–H groups in total. The maximum absolute atomic E-state index is 11.3. The van der Waals surface area contributed by atoms with Crippen LogP contribution in [0.15, 0.2) is 21.3 Å². The van der Waals surface area contributed by atoms with Crippen LogP contribution in [-0.4, -0.2) is 34.5 Å². The van der Waals surface area contributed by atoms with Crippen LogP contribution in [0.3, 0.4) is 0 Å². The standard InChI is InChI=1S/C13H17N3O3S2/c1-2-18-13(17)10(14)4-6-21-8-11-15-12(16-19-11)9-3-5-20-7-9/h3,5,7,10H,2,4,6,8,14H2,1H3. The number of hydrogen-bond donors (Lipinski definition) is 1. The van der Waals surface area contributed by atoms with Gasteiger partial charge in [0.05, 0.1) is 12.4 Å². The number of nitrogens with zero attached hydrogens (tertiary/aromatic N) is 2. The molecule has 0 bridgehead atoms. The van der Waals surface area contributed by atoms with Crippen LogP contribution >= 0.6 is 23.1 Å². The smallest absolute Gasteiger partial charge is 0.322 e. The van der Waals surface area contributed by atoms with Crippen molar-refractivity contribution in [2.24, 2.45) is 5.73 Å². The Labute approximate surface area is 131 Å². The van der Waals surface area contributed by atoms with Gasteiger partial charge in [0.2, 0.25) is 11.7 Å². The summed E-state index contributed by atoms with van der Waals surface area (Å²) in [6, 6.07) is 1.38. The summed E-state index contributed by atoms with van der Waals surface area (Å²) in [6.45, 7) is 2.12. The molecule has 1 unspecified atom stereocenters. The zero-order valence-electron chi connectivity index (χ0n) is 11.7. The average molecular weight is 327 g/mol. The molecule has 1 atom stereocenters. The molecule has 6 nitrogen and oxygen atoms in total. The van der Waals surface area contributed by atoms with Crippen molar-refractivity contribution >= 4 is 29.1 Å². The van der Waals surface area contributed by atoms with Crippen LogP contribution in [0.5, 0.6) is 0 Å². The predicted molar refractivity (Wildman–Crippen MR) is 83.0 cm³/mol. The number of ether oxygens (including phenoxy) is 1. The number of thioether (sulfide) groups is 1. The summed E-state index contributed by atoms with van der Waals surface area (Å²) in [5.74, 6) is 2.17. The summed E-state index contributed by atoms with van der Waals surface area (Å²) in [7, 11) is 0. The lowest BCUT2D eigenvalue weighted by molar-refractivity contribution is -0.144. The third kappa shape index (κ3) is 4.83. The van der Waals surface area contributed by atoms with Crippen molar-refractivity contribution < 1.29 is 14.1 Å². The minimum absolute atomic E-state index is 0.351. The van der Waals surface area contributed by atoms with E-state index in [0.717, 1.165) is 11.3 Å². The molecule has 8 heteroatoms. The zero-order chi connectivity index (χ0) is 15.1. The van der Waals surface area contributed by atoms with Crippen LogP contribution in [0.25, 0.3) is 11.4 Å². The molecule has 0 aromatic carbocycles. The first-order chi connectivity index (χ1) is 10.2. The average Bonchev–Trinajstić information content (AvgIpc) is 3.14. The van der Waals surface area contributed by atoms with Crippen molar-refractivity contribution in [2.45, 2.75) is 25.1 Å². The quantitative estimate of drug-likeness (QED) is 0.587. The summed E-state index contributed by atoms with van der Waals surface area (Å²) in [5.41, 5.74) is 6.68. The Morgan fingerprint density at radius 1 is 1.62 bits per heavy atom. The molecule has 0 saturated heterocycles. The van der Waals surface area contributed by atoms with Crippen molar-refractivity contribution in [2.75, 3.05) is 12.4 Å². The Morgan fingerprint density at radius 3 is 3.19 bits per heavy atom. The molecular weight excluding hydrogens is 310 g/mol. The van der Waals surface area contributed by atoms with E-state index >= 15 is 0 Å². The molecular formula is C13H17N3O3S2. The minimum Gasteiger partial charge on any atom is -0.465 e. The van der Waals surface area contributed by atoms with Gasteiger partial charge in [-0.25, -0.2) is 0 Å². The molecule has 0 fully saturated rings. The number of esters is 1. The summed E-state index contributed by atoms with van der Waals surface area (Å²) in [6.07, 6.45) is 0.565. The van der Waals surface area contributed by atoms with Crippen LogP contribution in [0.2, 0.25) is 0 Å². The van der Waals surface area contributed by atoms with Gasteiger partial charge in [-0.1, -0.05) is 5.16 Å². The lowest BCUT2D eigenvalue weighted by atomic mass is 10.2. The van der Waals surface area contributed by atoms with Crippen molar-refractivity contribution in [3.05, 3.63) is 22.7 Å². The third-order valence-electron chi connectivity index (χ3n) is 2.64. The molecule has 0 aliphatic heterocycles. The Bertz CT molecular complexity index is 557. The highest BCUT2D eigenvalue weighted by Crippen LogP contribution is 2.20. The van der Waals surface area contributed by atoms with Gasteiger partial charge < -0.3 is 15.0 Å². The maximum Gasteiger partial charge on any atom is 0.322 e. The second kappa shape index (κ2) is 8.16. The van der Waals surface area contributed by atoms with Crippen molar-refractivity contribution in [3.8, 4) is 11.4 Å². The molecule has 0 spiro atoms. The van der Waals surface area contributed by atoms with Crippen LogP contribution in [0.4, 0.5) is 0 Å². The first kappa shape index (κ1) is 16.0. The van der Waals surface area contributed by atoms with Gasteiger partial charge in [0.1, 0.15) is 6.04 Å². The number of nitrogens with two attached hydrogens (primary N) is 1. The highest BCUT2D eigenvalue weighted by atomic mass is 32.2. The lowest BCUT2D eigenvalue weighted by Crippen LogP contribution is -2.32. The van der Waals surface area contributed by atoms with E-state index in [2.05, 4.69) is 10.1 Å². The molecule has 0 aliphatic carbocycles. The number of aromatic nitrogens is 2. The first-order valence-electron chi connectivity index (χ1n) is 6.55. The van der Waals surface area contributed by atoms with E-state index in [9.17, 15) is 4.79 Å². The minimum atomic E-state index is -0.568. The molecule has 0 saturated carbocycles. The van der Waals surface area contributed by atoms with E-state index in [0.29, 0.717) is 30.5 Å². The third-order valence-corrected chi connectivity index (χ3v) is 4.29. The van der Waals surface area contributed by atoms with E-state index in [4.69, 9.17) is 15.0 Å². The van der Waals surface area contributed by atoms with Crippen LogP contribution in [0.1, 0.15) is 19.2 Å². The Hall–Kier alpha value is -1.38. The highest BCUT2D eigenvalue weighted by Gasteiger charge is 2.14. The molecule has 2 rings (SSSR count). The molecule has 2 aromatic rings. The number of rotatable bonds is 8. The van der Waals surface area contributed by atoms with E-state index in [1.54, 1.807) is 30.0 Å². The van der Waals surface area contributed by atoms with Crippen LogP contribution in [-0.2, 0) is 15.3 Å². The largest absolute Gasteiger partial charge is 0.465 e. The predicted octanol–water partition coefficient (Wildman–Crippen LogP) is 2.31. The molecule has 2 heterocycles. The second-order valence-corrected chi connectivity index (χ2v) is 6.11. The van der Waals surface area contributed by atoms with Gasteiger partial charge in [-0.2, -0.15) is 28.1 Å². The first-order valence-corrected chi connectivity index (χ1v) is 8.65. The van der Waals surface area contributed by atoms with Gasteiger partial charge in [0.25, 0.3) is 0 Å². The molecule has 114 valence electrons. The molecule has 2 aromatic heterocycles. The van der Waals surface area contributed by atoms with E-state index in [1.165, 1.54) is 0 Å². The zero-order valence-corrected chi connectivity index (χ0v) is 13.3. The summed E-state index contributed by atoms with van der Waals surface area (Å²) < 4.78 is 10.0. The van der Waals surface area contributed by atoms with Gasteiger partial charge in [-0.15, -0.1) is 0 Å². The van der Waals surface area contributed by atoms with Gasteiger partial charge in [0, 0.05) is 10.9 Å². The fraction of sp³-hybridized carbons (Fsp3) is 0.462. The van der Waals surface area contributed by atoms with E-state index in [-0.39, 0.29) is 5.97 Å². The lowest BCUT2D eigenvalue weighted by Gasteiger charge is -2.09. The Morgan fingerprint density at radius 2 is 2.48 bits per heavy atom. The topological polar surface area (TPSA) is 91.2 Å². The molecule has 0 radical (unpaired) electrons. The molecule has 0 amide bonds. The Kier molecular flexibility index (Phi) is 6.21.